The molecule has 0 heterocycles. The highest BCUT2D eigenvalue weighted by molar-refractivity contribution is 9.10. The molecule has 0 unspecified atom stereocenters. The highest BCUT2D eigenvalue weighted by Crippen LogP contribution is 2.26. The summed E-state index contributed by atoms with van der Waals surface area (Å²) in [5.41, 5.74) is 1.27. The van der Waals surface area contributed by atoms with Gasteiger partial charge in [0.1, 0.15) is 5.75 Å². The number of halogens is 1. The summed E-state index contributed by atoms with van der Waals surface area (Å²) in [6, 6.07) is 6.78. The molecule has 0 aliphatic carbocycles. The van der Waals surface area contributed by atoms with Gasteiger partial charge >= 0.3 is 0 Å². The number of unbranched alkanes of at least 4 members (excludes halogenated alkanes) is 1. The first-order chi connectivity index (χ1) is 8.13. The number of hydrogen-bond acceptors (Lipinski definition) is 2. The smallest absolute Gasteiger partial charge is 0.133 e. The Balaban J connectivity index is 2.53. The van der Waals surface area contributed by atoms with Gasteiger partial charge in [0, 0.05) is 12.6 Å². The van der Waals surface area contributed by atoms with Crippen molar-refractivity contribution in [3.63, 3.8) is 0 Å². The Hall–Kier alpha value is -0.540. The molecule has 17 heavy (non-hydrogen) atoms. The third-order valence-corrected chi connectivity index (χ3v) is 3.09. The van der Waals surface area contributed by atoms with Crippen LogP contribution in [0.4, 0.5) is 0 Å². The first-order valence-electron chi connectivity index (χ1n) is 6.28. The third-order valence-electron chi connectivity index (χ3n) is 2.47. The number of benzene rings is 1. The van der Waals surface area contributed by atoms with Gasteiger partial charge in [0.25, 0.3) is 0 Å². The zero-order valence-corrected chi connectivity index (χ0v) is 12.5. The highest BCUT2D eigenvalue weighted by Gasteiger charge is 2.03. The van der Waals surface area contributed by atoms with Crippen molar-refractivity contribution in [1.29, 1.82) is 0 Å². The predicted molar refractivity (Wildman–Crippen MR) is 76.5 cm³/mol. The average molecular weight is 300 g/mol. The zero-order valence-electron chi connectivity index (χ0n) is 10.9. The van der Waals surface area contributed by atoms with Crippen molar-refractivity contribution < 1.29 is 4.74 Å². The topological polar surface area (TPSA) is 21.3 Å². The van der Waals surface area contributed by atoms with Crippen LogP contribution in [0, 0.1) is 0 Å². The minimum Gasteiger partial charge on any atom is -0.492 e. The normalized spacial score (nSPS) is 10.9. The van der Waals surface area contributed by atoms with Crippen LogP contribution in [0.2, 0.25) is 0 Å². The maximum atomic E-state index is 5.69. The van der Waals surface area contributed by atoms with Crippen LogP contribution in [-0.4, -0.2) is 12.6 Å². The summed E-state index contributed by atoms with van der Waals surface area (Å²) < 4.78 is 6.73. The molecule has 3 heteroatoms. The molecule has 1 N–H and O–H groups in total. The van der Waals surface area contributed by atoms with Crippen molar-refractivity contribution in [2.24, 2.45) is 0 Å². The molecule has 2 nitrogen and oxygen atoms in total. The summed E-state index contributed by atoms with van der Waals surface area (Å²) in [5, 5.41) is 3.40. The van der Waals surface area contributed by atoms with Crippen molar-refractivity contribution in [1.82, 2.24) is 5.32 Å². The zero-order chi connectivity index (χ0) is 12.7. The molecule has 1 rings (SSSR count). The van der Waals surface area contributed by atoms with E-state index in [1.807, 2.05) is 6.07 Å². The fraction of sp³-hybridized carbons (Fsp3) is 0.571. The first kappa shape index (κ1) is 14.5. The Kier molecular flexibility index (Phi) is 6.60. The summed E-state index contributed by atoms with van der Waals surface area (Å²) in [4.78, 5) is 0. The van der Waals surface area contributed by atoms with E-state index in [0.29, 0.717) is 6.04 Å². The molecule has 0 bridgehead atoms. The van der Waals surface area contributed by atoms with Crippen LogP contribution in [0.1, 0.15) is 39.2 Å². The van der Waals surface area contributed by atoms with E-state index < -0.39 is 0 Å². The molecule has 0 saturated heterocycles. The van der Waals surface area contributed by atoms with E-state index in [9.17, 15) is 0 Å². The highest BCUT2D eigenvalue weighted by atomic mass is 79.9. The van der Waals surface area contributed by atoms with Crippen LogP contribution < -0.4 is 10.1 Å². The molecule has 0 radical (unpaired) electrons. The van der Waals surface area contributed by atoms with Gasteiger partial charge in [-0.25, -0.2) is 0 Å². The predicted octanol–water partition coefficient (Wildman–Crippen LogP) is 4.13. The van der Waals surface area contributed by atoms with Crippen molar-refractivity contribution in [2.75, 3.05) is 6.61 Å². The average Bonchev–Trinajstić information content (AvgIpc) is 2.29. The Morgan fingerprint density at radius 3 is 2.71 bits per heavy atom. The molecular weight excluding hydrogens is 278 g/mol. The number of nitrogens with one attached hydrogen (secondary N) is 1. The minimum absolute atomic E-state index is 0.509. The number of ether oxygens (including phenoxy) is 1. The van der Waals surface area contributed by atoms with E-state index in [1.54, 1.807) is 0 Å². The Labute approximate surface area is 113 Å². The van der Waals surface area contributed by atoms with E-state index in [1.165, 1.54) is 5.56 Å². The van der Waals surface area contributed by atoms with Crippen LogP contribution in [0.5, 0.6) is 5.75 Å². The molecule has 1 aromatic rings. The van der Waals surface area contributed by atoms with E-state index in [4.69, 9.17) is 4.74 Å². The van der Waals surface area contributed by atoms with E-state index in [-0.39, 0.29) is 0 Å². The summed E-state index contributed by atoms with van der Waals surface area (Å²) in [6.07, 6.45) is 2.26. The summed E-state index contributed by atoms with van der Waals surface area (Å²) in [7, 11) is 0. The maximum absolute atomic E-state index is 5.69. The van der Waals surface area contributed by atoms with Gasteiger partial charge in [0.2, 0.25) is 0 Å². The molecule has 0 spiro atoms. The van der Waals surface area contributed by atoms with Gasteiger partial charge in [-0.15, -0.1) is 0 Å². The van der Waals surface area contributed by atoms with Gasteiger partial charge in [-0.1, -0.05) is 33.3 Å². The third kappa shape index (κ3) is 5.55. The van der Waals surface area contributed by atoms with Gasteiger partial charge in [-0.2, -0.15) is 0 Å². The van der Waals surface area contributed by atoms with E-state index in [0.717, 1.165) is 36.2 Å². The lowest BCUT2D eigenvalue weighted by molar-refractivity contribution is 0.307. The second-order valence-corrected chi connectivity index (χ2v) is 5.36. The number of rotatable bonds is 7. The van der Waals surface area contributed by atoms with E-state index >= 15 is 0 Å². The van der Waals surface area contributed by atoms with Crippen LogP contribution in [0.15, 0.2) is 22.7 Å². The van der Waals surface area contributed by atoms with Crippen molar-refractivity contribution >= 4 is 15.9 Å². The largest absolute Gasteiger partial charge is 0.492 e. The Morgan fingerprint density at radius 2 is 2.12 bits per heavy atom. The summed E-state index contributed by atoms with van der Waals surface area (Å²) in [5.74, 6) is 0.937. The van der Waals surface area contributed by atoms with Gasteiger partial charge in [0.05, 0.1) is 11.1 Å². The van der Waals surface area contributed by atoms with Crippen LogP contribution >= 0.6 is 15.9 Å². The molecule has 0 amide bonds. The summed E-state index contributed by atoms with van der Waals surface area (Å²) in [6.45, 7) is 8.15. The second kappa shape index (κ2) is 7.72. The van der Waals surface area contributed by atoms with Gasteiger partial charge in [-0.05, 0) is 40.0 Å². The van der Waals surface area contributed by atoms with Crippen LogP contribution in [-0.2, 0) is 6.54 Å². The van der Waals surface area contributed by atoms with E-state index in [2.05, 4.69) is 54.2 Å². The quantitative estimate of drug-likeness (QED) is 0.765. The standard InChI is InChI=1S/C14H22BrNO/c1-4-5-8-17-14-7-6-12(9-13(14)15)10-16-11(2)3/h6-7,9,11,16H,4-5,8,10H2,1-3H3. The fourth-order valence-corrected chi connectivity index (χ4v) is 1.96. The fourth-order valence-electron chi connectivity index (χ4n) is 1.42. The second-order valence-electron chi connectivity index (χ2n) is 4.50. The maximum Gasteiger partial charge on any atom is 0.133 e. The van der Waals surface area contributed by atoms with Crippen molar-refractivity contribution in [3.05, 3.63) is 28.2 Å². The lowest BCUT2D eigenvalue weighted by Gasteiger charge is -2.11. The van der Waals surface area contributed by atoms with Gasteiger partial charge in [-0.3, -0.25) is 0 Å². The Bertz CT molecular complexity index is 339. The monoisotopic (exact) mass is 299 g/mol. The van der Waals surface area contributed by atoms with Crippen LogP contribution in [0.3, 0.4) is 0 Å². The molecule has 0 aliphatic rings. The van der Waals surface area contributed by atoms with Crippen LogP contribution in [0.25, 0.3) is 0 Å². The SMILES string of the molecule is CCCCOc1ccc(CNC(C)C)cc1Br. The Morgan fingerprint density at radius 1 is 1.35 bits per heavy atom. The molecule has 1 aromatic carbocycles. The van der Waals surface area contributed by atoms with Crippen molar-refractivity contribution in [3.8, 4) is 5.75 Å². The van der Waals surface area contributed by atoms with Gasteiger partial charge in [0.15, 0.2) is 0 Å². The lowest BCUT2D eigenvalue weighted by atomic mass is 10.2. The molecule has 0 aliphatic heterocycles. The molecule has 0 fully saturated rings. The molecule has 0 aromatic heterocycles. The summed E-state index contributed by atoms with van der Waals surface area (Å²) >= 11 is 3.55. The van der Waals surface area contributed by atoms with Crippen molar-refractivity contribution in [2.45, 2.75) is 46.2 Å². The number of hydrogen-bond donors (Lipinski definition) is 1. The lowest BCUT2D eigenvalue weighted by Crippen LogP contribution is -2.21. The minimum atomic E-state index is 0.509. The first-order valence-corrected chi connectivity index (χ1v) is 7.07. The molecular formula is C14H22BrNO. The molecule has 0 saturated carbocycles. The molecule has 96 valence electrons. The molecule has 0 atom stereocenters. The van der Waals surface area contributed by atoms with Gasteiger partial charge < -0.3 is 10.1 Å².